The van der Waals surface area contributed by atoms with Crippen LogP contribution in [-0.2, 0) is 0 Å². The van der Waals surface area contributed by atoms with Crippen LogP contribution < -0.4 is 0 Å². The van der Waals surface area contributed by atoms with Crippen molar-refractivity contribution in [3.8, 4) is 22.8 Å². The van der Waals surface area contributed by atoms with Gasteiger partial charge in [0.2, 0.25) is 0 Å². The second-order valence-electron chi connectivity index (χ2n) is 9.38. The summed E-state index contributed by atoms with van der Waals surface area (Å²) >= 11 is 0. The molecule has 0 amide bonds. The van der Waals surface area contributed by atoms with Gasteiger partial charge in [-0.2, -0.15) is 0 Å². The van der Waals surface area contributed by atoms with Crippen molar-refractivity contribution < 1.29 is 0 Å². The van der Waals surface area contributed by atoms with Crippen LogP contribution in [0.3, 0.4) is 0 Å². The molecule has 5 nitrogen and oxygen atoms in total. The van der Waals surface area contributed by atoms with Crippen LogP contribution in [-0.4, -0.2) is 24.1 Å². The normalized spacial score (nSPS) is 11.7. The van der Waals surface area contributed by atoms with Gasteiger partial charge in [0.25, 0.3) is 0 Å². The standard InChI is InChI=1S/C33H21N5/c1-2-12-23(13-3-1)37-30-20-9-7-18-28(30)36-32(37)22-11-10-14-24(21-22)38-29-19-8-4-15-25(29)31-33(38)35-27-17-6-5-16-26(27)34-31/h1-21H. The zero-order valence-electron chi connectivity index (χ0n) is 20.4. The number of nitrogens with zero attached hydrogens (tertiary/aromatic N) is 5. The molecule has 0 radical (unpaired) electrons. The Morgan fingerprint density at radius 2 is 1.11 bits per heavy atom. The molecular formula is C33H21N5. The van der Waals surface area contributed by atoms with Crippen molar-refractivity contribution >= 4 is 44.1 Å². The van der Waals surface area contributed by atoms with E-state index < -0.39 is 0 Å². The number of hydrogen-bond donors (Lipinski definition) is 0. The van der Waals surface area contributed by atoms with Gasteiger partial charge in [-0.25, -0.2) is 15.0 Å². The van der Waals surface area contributed by atoms with E-state index >= 15 is 0 Å². The number of fused-ring (bicyclic) bond motifs is 5. The van der Waals surface area contributed by atoms with Gasteiger partial charge in [0.05, 0.1) is 27.6 Å². The molecule has 3 heterocycles. The first-order valence-electron chi connectivity index (χ1n) is 12.6. The van der Waals surface area contributed by atoms with Crippen molar-refractivity contribution in [1.29, 1.82) is 0 Å². The Bertz CT molecular complexity index is 2140. The average Bonchev–Trinajstić information content (AvgIpc) is 3.52. The van der Waals surface area contributed by atoms with Crippen LogP contribution in [0.25, 0.3) is 66.9 Å². The van der Waals surface area contributed by atoms with Gasteiger partial charge in [-0.05, 0) is 54.6 Å². The maximum Gasteiger partial charge on any atom is 0.165 e. The van der Waals surface area contributed by atoms with Crippen LogP contribution in [0.4, 0.5) is 0 Å². The molecule has 0 unspecified atom stereocenters. The molecule has 38 heavy (non-hydrogen) atoms. The second-order valence-corrected chi connectivity index (χ2v) is 9.38. The fraction of sp³-hybridized carbons (Fsp3) is 0. The van der Waals surface area contributed by atoms with E-state index in [1.807, 2.05) is 36.4 Å². The number of benzene rings is 5. The van der Waals surface area contributed by atoms with E-state index in [1.54, 1.807) is 0 Å². The van der Waals surface area contributed by atoms with E-state index in [0.717, 1.165) is 66.9 Å². The topological polar surface area (TPSA) is 48.5 Å². The number of para-hydroxylation sites is 6. The summed E-state index contributed by atoms with van der Waals surface area (Å²) in [4.78, 5) is 15.2. The molecule has 5 heteroatoms. The van der Waals surface area contributed by atoms with Gasteiger partial charge in [-0.15, -0.1) is 0 Å². The minimum absolute atomic E-state index is 0.846. The minimum atomic E-state index is 0.846. The van der Waals surface area contributed by atoms with Gasteiger partial charge in [0.1, 0.15) is 11.3 Å². The van der Waals surface area contributed by atoms with E-state index in [-0.39, 0.29) is 0 Å². The lowest BCUT2D eigenvalue weighted by Gasteiger charge is -2.12. The molecule has 0 N–H and O–H groups in total. The van der Waals surface area contributed by atoms with Crippen LogP contribution in [0.1, 0.15) is 0 Å². The molecule has 0 aliphatic carbocycles. The van der Waals surface area contributed by atoms with E-state index in [2.05, 4.69) is 100 Å². The molecule has 0 saturated carbocycles. The van der Waals surface area contributed by atoms with Crippen LogP contribution in [0, 0.1) is 0 Å². The summed E-state index contributed by atoms with van der Waals surface area (Å²) in [7, 11) is 0. The molecule has 0 fully saturated rings. The fourth-order valence-corrected chi connectivity index (χ4v) is 5.41. The third-order valence-electron chi connectivity index (χ3n) is 7.10. The Kier molecular flexibility index (Phi) is 4.45. The lowest BCUT2D eigenvalue weighted by molar-refractivity contribution is 1.09. The first-order chi connectivity index (χ1) is 18.8. The number of rotatable bonds is 3. The monoisotopic (exact) mass is 487 g/mol. The van der Waals surface area contributed by atoms with E-state index in [4.69, 9.17) is 15.0 Å². The number of hydrogen-bond acceptors (Lipinski definition) is 3. The molecule has 178 valence electrons. The SMILES string of the molecule is c1ccc(-n2c(-c3cccc(-n4c5ccccc5c5nc6ccccc6nc54)c3)nc3ccccc32)cc1. The van der Waals surface area contributed by atoms with Crippen molar-refractivity contribution in [2.24, 2.45) is 0 Å². The van der Waals surface area contributed by atoms with Gasteiger partial charge in [0.15, 0.2) is 5.65 Å². The van der Waals surface area contributed by atoms with Gasteiger partial charge >= 0.3 is 0 Å². The summed E-state index contributed by atoms with van der Waals surface area (Å²) < 4.78 is 4.44. The Labute approximate surface area is 218 Å². The lowest BCUT2D eigenvalue weighted by Crippen LogP contribution is -2.00. The molecule has 0 aliphatic rings. The van der Waals surface area contributed by atoms with E-state index in [9.17, 15) is 0 Å². The Hall–Kier alpha value is -5.29. The highest BCUT2D eigenvalue weighted by molar-refractivity contribution is 6.07. The highest BCUT2D eigenvalue weighted by atomic mass is 15.1. The van der Waals surface area contributed by atoms with Crippen LogP contribution in [0.2, 0.25) is 0 Å². The molecule has 3 aromatic heterocycles. The minimum Gasteiger partial charge on any atom is -0.293 e. The fourth-order valence-electron chi connectivity index (χ4n) is 5.41. The van der Waals surface area contributed by atoms with Gasteiger partial charge in [0, 0.05) is 22.3 Å². The van der Waals surface area contributed by atoms with Crippen molar-refractivity contribution in [2.45, 2.75) is 0 Å². The van der Waals surface area contributed by atoms with Crippen molar-refractivity contribution in [3.63, 3.8) is 0 Å². The summed E-state index contributed by atoms with van der Waals surface area (Å²) in [5.41, 5.74) is 9.77. The quantitative estimate of drug-likeness (QED) is 0.256. The molecule has 0 atom stereocenters. The average molecular weight is 488 g/mol. The first kappa shape index (κ1) is 20.9. The Morgan fingerprint density at radius 1 is 0.447 bits per heavy atom. The summed E-state index contributed by atoms with van der Waals surface area (Å²) in [6, 6.07) is 43.6. The van der Waals surface area contributed by atoms with Gasteiger partial charge in [-0.1, -0.05) is 72.8 Å². The Balaban J connectivity index is 1.41. The third kappa shape index (κ3) is 3.09. The number of aromatic nitrogens is 5. The molecule has 8 rings (SSSR count). The summed E-state index contributed by atoms with van der Waals surface area (Å²) in [5.74, 6) is 0.900. The van der Waals surface area contributed by atoms with Crippen molar-refractivity contribution in [1.82, 2.24) is 24.1 Å². The van der Waals surface area contributed by atoms with Crippen LogP contribution in [0.15, 0.2) is 127 Å². The maximum atomic E-state index is 5.07. The molecule has 0 saturated heterocycles. The zero-order chi connectivity index (χ0) is 25.1. The molecule has 5 aromatic carbocycles. The summed E-state index contributed by atoms with van der Waals surface area (Å²) in [6.45, 7) is 0. The van der Waals surface area contributed by atoms with Crippen molar-refractivity contribution in [2.75, 3.05) is 0 Å². The van der Waals surface area contributed by atoms with Gasteiger partial charge in [-0.3, -0.25) is 9.13 Å². The molecule has 0 aliphatic heterocycles. The van der Waals surface area contributed by atoms with E-state index in [0.29, 0.717) is 0 Å². The van der Waals surface area contributed by atoms with Crippen LogP contribution >= 0.6 is 0 Å². The Morgan fingerprint density at radius 3 is 1.95 bits per heavy atom. The van der Waals surface area contributed by atoms with Crippen LogP contribution in [0.5, 0.6) is 0 Å². The predicted molar refractivity (Wildman–Crippen MR) is 154 cm³/mol. The molecule has 0 spiro atoms. The zero-order valence-corrected chi connectivity index (χ0v) is 20.4. The summed E-state index contributed by atoms with van der Waals surface area (Å²) in [6.07, 6.45) is 0. The first-order valence-corrected chi connectivity index (χ1v) is 12.6. The maximum absolute atomic E-state index is 5.07. The highest BCUT2D eigenvalue weighted by Crippen LogP contribution is 2.34. The van der Waals surface area contributed by atoms with E-state index in [1.165, 1.54) is 0 Å². The smallest absolute Gasteiger partial charge is 0.165 e. The molecule has 8 aromatic rings. The molecule has 0 bridgehead atoms. The largest absolute Gasteiger partial charge is 0.293 e. The number of imidazole rings is 1. The van der Waals surface area contributed by atoms with Gasteiger partial charge < -0.3 is 0 Å². The van der Waals surface area contributed by atoms with Crippen molar-refractivity contribution in [3.05, 3.63) is 127 Å². The lowest BCUT2D eigenvalue weighted by atomic mass is 10.1. The third-order valence-corrected chi connectivity index (χ3v) is 7.10. The highest BCUT2D eigenvalue weighted by Gasteiger charge is 2.18. The predicted octanol–water partition coefficient (Wildman–Crippen LogP) is 7.73. The molecular weight excluding hydrogens is 466 g/mol. The second kappa shape index (κ2) is 8.11. The summed E-state index contributed by atoms with van der Waals surface area (Å²) in [5, 5.41) is 1.09.